The van der Waals surface area contributed by atoms with Crippen LogP contribution in [0, 0.1) is 0 Å². The highest BCUT2D eigenvalue weighted by molar-refractivity contribution is 9.10. The lowest BCUT2D eigenvalue weighted by Gasteiger charge is -2.07. The second kappa shape index (κ2) is 4.30. The van der Waals surface area contributed by atoms with Crippen molar-refractivity contribution < 1.29 is 0 Å². The Kier molecular flexibility index (Phi) is 2.76. The van der Waals surface area contributed by atoms with Gasteiger partial charge < -0.3 is 5.73 Å². The number of nitrogens with two attached hydrogens (primary N) is 1. The number of aromatic nitrogens is 2. The number of benzene rings is 2. The summed E-state index contributed by atoms with van der Waals surface area (Å²) in [5, 5.41) is 0.686. The average Bonchev–Trinajstić information content (AvgIpc) is 2.75. The highest BCUT2D eigenvalue weighted by Gasteiger charge is 2.08. The van der Waals surface area contributed by atoms with Gasteiger partial charge in [-0.15, -0.1) is 0 Å². The molecular formula is C13H9BrClN3. The SMILES string of the molecule is Nc1ccc2c(c1)ncn2-c1cc(Cl)ccc1Br. The normalized spacial score (nSPS) is 11.0. The second-order valence-electron chi connectivity index (χ2n) is 3.96. The van der Waals surface area contributed by atoms with Crippen molar-refractivity contribution in [1.82, 2.24) is 9.55 Å². The van der Waals surface area contributed by atoms with Gasteiger partial charge in [0.15, 0.2) is 0 Å². The van der Waals surface area contributed by atoms with E-state index in [1.807, 2.05) is 41.0 Å². The van der Waals surface area contributed by atoms with E-state index in [0.29, 0.717) is 10.7 Å². The summed E-state index contributed by atoms with van der Waals surface area (Å²) in [6.45, 7) is 0. The molecule has 0 saturated carbocycles. The summed E-state index contributed by atoms with van der Waals surface area (Å²) in [5.74, 6) is 0. The zero-order valence-corrected chi connectivity index (χ0v) is 11.6. The Labute approximate surface area is 117 Å². The summed E-state index contributed by atoms with van der Waals surface area (Å²) < 4.78 is 2.94. The highest BCUT2D eigenvalue weighted by Crippen LogP contribution is 2.28. The summed E-state index contributed by atoms with van der Waals surface area (Å²) >= 11 is 9.56. The standard InChI is InChI=1S/C13H9BrClN3/c14-10-3-1-8(15)5-13(10)18-7-17-11-6-9(16)2-4-12(11)18/h1-7H,16H2. The first-order valence-corrected chi connectivity index (χ1v) is 6.50. The van der Waals surface area contributed by atoms with Gasteiger partial charge in [-0.25, -0.2) is 4.98 Å². The smallest absolute Gasteiger partial charge is 0.100 e. The van der Waals surface area contributed by atoms with Crippen molar-refractivity contribution in [3.63, 3.8) is 0 Å². The number of hydrogen-bond acceptors (Lipinski definition) is 2. The molecule has 0 atom stereocenters. The third-order valence-electron chi connectivity index (χ3n) is 2.74. The van der Waals surface area contributed by atoms with Crippen LogP contribution in [0.5, 0.6) is 0 Å². The Balaban J connectivity index is 2.28. The molecule has 0 aliphatic carbocycles. The lowest BCUT2D eigenvalue weighted by molar-refractivity contribution is 1.08. The van der Waals surface area contributed by atoms with E-state index in [9.17, 15) is 0 Å². The molecule has 3 rings (SSSR count). The Morgan fingerprint density at radius 2 is 2.00 bits per heavy atom. The zero-order valence-electron chi connectivity index (χ0n) is 9.27. The van der Waals surface area contributed by atoms with E-state index in [4.69, 9.17) is 17.3 Å². The topological polar surface area (TPSA) is 43.8 Å². The zero-order chi connectivity index (χ0) is 12.7. The summed E-state index contributed by atoms with van der Waals surface area (Å²) in [5.41, 5.74) is 9.26. The van der Waals surface area contributed by atoms with E-state index in [1.54, 1.807) is 6.33 Å². The minimum atomic E-state index is 0.686. The molecule has 0 saturated heterocycles. The maximum Gasteiger partial charge on any atom is 0.100 e. The Bertz CT molecular complexity index is 736. The fraction of sp³-hybridized carbons (Fsp3) is 0. The van der Waals surface area contributed by atoms with Crippen molar-refractivity contribution in [3.8, 4) is 5.69 Å². The molecule has 0 aliphatic rings. The first kappa shape index (κ1) is 11.6. The number of rotatable bonds is 1. The predicted octanol–water partition coefficient (Wildman–Crippen LogP) is 4.02. The van der Waals surface area contributed by atoms with Gasteiger partial charge in [-0.2, -0.15) is 0 Å². The van der Waals surface area contributed by atoms with Crippen LogP contribution in [0.15, 0.2) is 47.2 Å². The van der Waals surface area contributed by atoms with Crippen LogP contribution in [0.4, 0.5) is 5.69 Å². The van der Waals surface area contributed by atoms with Crippen LogP contribution in [-0.4, -0.2) is 9.55 Å². The van der Waals surface area contributed by atoms with Gasteiger partial charge in [0.2, 0.25) is 0 Å². The van der Waals surface area contributed by atoms with Crippen molar-refractivity contribution >= 4 is 44.3 Å². The Hall–Kier alpha value is -1.52. The van der Waals surface area contributed by atoms with E-state index in [-0.39, 0.29) is 0 Å². The van der Waals surface area contributed by atoms with Crippen LogP contribution in [0.2, 0.25) is 5.02 Å². The van der Waals surface area contributed by atoms with Crippen LogP contribution in [-0.2, 0) is 0 Å². The highest BCUT2D eigenvalue weighted by atomic mass is 79.9. The molecule has 3 nitrogen and oxygen atoms in total. The fourth-order valence-electron chi connectivity index (χ4n) is 1.89. The van der Waals surface area contributed by atoms with Crippen molar-refractivity contribution in [2.75, 3.05) is 5.73 Å². The molecule has 0 amide bonds. The quantitative estimate of drug-likeness (QED) is 0.688. The third-order valence-corrected chi connectivity index (χ3v) is 3.64. The van der Waals surface area contributed by atoms with Crippen molar-refractivity contribution in [3.05, 3.63) is 52.2 Å². The van der Waals surface area contributed by atoms with Gasteiger partial charge in [0.1, 0.15) is 6.33 Å². The molecule has 90 valence electrons. The van der Waals surface area contributed by atoms with Gasteiger partial charge in [-0.05, 0) is 52.3 Å². The fourth-order valence-corrected chi connectivity index (χ4v) is 2.50. The molecule has 0 spiro atoms. The lowest BCUT2D eigenvalue weighted by Crippen LogP contribution is -1.93. The number of nitrogens with zero attached hydrogens (tertiary/aromatic N) is 2. The van der Waals surface area contributed by atoms with E-state index in [1.165, 1.54) is 0 Å². The van der Waals surface area contributed by atoms with Crippen LogP contribution in [0.3, 0.4) is 0 Å². The number of anilines is 1. The van der Waals surface area contributed by atoms with Gasteiger partial charge in [0.05, 0.1) is 16.7 Å². The Morgan fingerprint density at radius 3 is 2.83 bits per heavy atom. The van der Waals surface area contributed by atoms with Crippen LogP contribution < -0.4 is 5.73 Å². The molecule has 0 fully saturated rings. The van der Waals surface area contributed by atoms with E-state index >= 15 is 0 Å². The van der Waals surface area contributed by atoms with E-state index < -0.39 is 0 Å². The van der Waals surface area contributed by atoms with Gasteiger partial charge in [-0.1, -0.05) is 11.6 Å². The molecule has 0 unspecified atom stereocenters. The molecule has 0 aliphatic heterocycles. The van der Waals surface area contributed by atoms with Crippen LogP contribution in [0.1, 0.15) is 0 Å². The minimum absolute atomic E-state index is 0.686. The van der Waals surface area contributed by atoms with Gasteiger partial charge in [0, 0.05) is 15.2 Å². The van der Waals surface area contributed by atoms with E-state index in [2.05, 4.69) is 20.9 Å². The molecule has 18 heavy (non-hydrogen) atoms. The molecule has 3 aromatic rings. The molecule has 5 heteroatoms. The third kappa shape index (κ3) is 1.87. The molecule has 1 heterocycles. The number of imidazole rings is 1. The second-order valence-corrected chi connectivity index (χ2v) is 5.25. The molecule has 0 bridgehead atoms. The first-order chi connectivity index (χ1) is 8.65. The number of halogens is 2. The van der Waals surface area contributed by atoms with Crippen LogP contribution >= 0.6 is 27.5 Å². The van der Waals surface area contributed by atoms with Crippen molar-refractivity contribution in [2.24, 2.45) is 0 Å². The average molecular weight is 323 g/mol. The summed E-state index contributed by atoms with van der Waals surface area (Å²) in [6.07, 6.45) is 1.76. The van der Waals surface area contributed by atoms with Crippen LogP contribution in [0.25, 0.3) is 16.7 Å². The maximum absolute atomic E-state index is 6.04. The predicted molar refractivity (Wildman–Crippen MR) is 78.2 cm³/mol. The van der Waals surface area contributed by atoms with Crippen molar-refractivity contribution in [1.29, 1.82) is 0 Å². The number of nitrogen functional groups attached to an aromatic ring is 1. The lowest BCUT2D eigenvalue weighted by atomic mass is 10.2. The maximum atomic E-state index is 6.04. The first-order valence-electron chi connectivity index (χ1n) is 5.33. The van der Waals surface area contributed by atoms with Crippen molar-refractivity contribution in [2.45, 2.75) is 0 Å². The molecular weight excluding hydrogens is 314 g/mol. The largest absolute Gasteiger partial charge is 0.399 e. The van der Waals surface area contributed by atoms with Gasteiger partial charge in [-0.3, -0.25) is 4.57 Å². The number of hydrogen-bond donors (Lipinski definition) is 1. The van der Waals surface area contributed by atoms with E-state index in [0.717, 1.165) is 21.2 Å². The van der Waals surface area contributed by atoms with Gasteiger partial charge in [0.25, 0.3) is 0 Å². The monoisotopic (exact) mass is 321 g/mol. The summed E-state index contributed by atoms with van der Waals surface area (Å²) in [6, 6.07) is 11.3. The summed E-state index contributed by atoms with van der Waals surface area (Å²) in [7, 11) is 0. The Morgan fingerprint density at radius 1 is 1.17 bits per heavy atom. The molecule has 1 aromatic heterocycles. The van der Waals surface area contributed by atoms with Gasteiger partial charge >= 0.3 is 0 Å². The number of fused-ring (bicyclic) bond motifs is 1. The molecule has 2 aromatic carbocycles. The summed E-state index contributed by atoms with van der Waals surface area (Å²) in [4.78, 5) is 4.35. The minimum Gasteiger partial charge on any atom is -0.399 e. The molecule has 0 radical (unpaired) electrons. The molecule has 2 N–H and O–H groups in total.